The molecular formula is C4H6Si2. The minimum absolute atomic E-state index is 0.0383. The average Bonchev–Trinajstić information content (AvgIpc) is 1.61. The van der Waals surface area contributed by atoms with Gasteiger partial charge in [-0.15, -0.1) is 12.0 Å². The molecule has 0 atom stereocenters. The van der Waals surface area contributed by atoms with Gasteiger partial charge in [0.05, 0.1) is 9.04 Å². The molecule has 0 heterocycles. The zero-order chi connectivity index (χ0) is 4.83. The van der Waals surface area contributed by atoms with Gasteiger partial charge in [0.15, 0.2) is 0 Å². The fraction of sp³-hybridized carbons (Fsp3) is 0. The molecule has 0 saturated heterocycles. The van der Waals surface area contributed by atoms with Crippen molar-refractivity contribution in [1.29, 1.82) is 0 Å². The van der Waals surface area contributed by atoms with Gasteiger partial charge in [0.2, 0.25) is 0 Å². The van der Waals surface area contributed by atoms with Crippen molar-refractivity contribution in [1.82, 2.24) is 0 Å². The summed E-state index contributed by atoms with van der Waals surface area (Å²) in [7, 11) is 1.31. The van der Waals surface area contributed by atoms with Crippen molar-refractivity contribution in [3.8, 4) is 23.8 Å². The van der Waals surface area contributed by atoms with Crippen LogP contribution in [-0.4, -0.2) is 18.8 Å². The third-order valence-electron chi connectivity index (χ3n) is 0.337. The van der Waals surface area contributed by atoms with Crippen LogP contribution in [0.3, 0.4) is 0 Å². The zero-order valence-corrected chi connectivity index (χ0v) is 7.20. The van der Waals surface area contributed by atoms with E-state index in [1.165, 1.54) is 9.76 Å². The maximum absolute atomic E-state index is 4.83. The lowest BCUT2D eigenvalue weighted by Gasteiger charge is -1.56. The lowest BCUT2D eigenvalue weighted by Crippen LogP contribution is -1.77. The van der Waals surface area contributed by atoms with Gasteiger partial charge in [0, 0.05) is 9.76 Å². The van der Waals surface area contributed by atoms with E-state index in [-0.39, 0.29) is 9.04 Å². The Kier molecular flexibility index (Phi) is 4.22. The number of rotatable bonds is 0. The fourth-order valence-electron chi connectivity index (χ4n) is 0.139. The molecule has 0 radical (unpaired) electrons. The molecule has 0 amide bonds. The number of terminal acetylenes is 1. The first-order chi connectivity index (χ1) is 2.91. The van der Waals surface area contributed by atoms with E-state index in [1.54, 1.807) is 0 Å². The zero-order valence-electron chi connectivity index (χ0n) is 3.78. The molecule has 0 nitrogen and oxygen atoms in total. The van der Waals surface area contributed by atoms with Crippen LogP contribution in [-0.2, 0) is 0 Å². The third kappa shape index (κ3) is 3.55. The second kappa shape index (κ2) is 4.55. The Balaban J connectivity index is 3.22. The Morgan fingerprint density at radius 3 is 2.50 bits per heavy atom. The molecule has 0 aliphatic heterocycles. The number of hydrogen-bond acceptors (Lipinski definition) is 0. The predicted octanol–water partition coefficient (Wildman–Crippen LogP) is -1.97. The van der Waals surface area contributed by atoms with Gasteiger partial charge < -0.3 is 0 Å². The van der Waals surface area contributed by atoms with Gasteiger partial charge in [0.1, 0.15) is 0 Å². The fourth-order valence-corrected chi connectivity index (χ4v) is 0.949. The van der Waals surface area contributed by atoms with Gasteiger partial charge >= 0.3 is 0 Å². The monoisotopic (exact) mass is 110 g/mol. The number of hydrogen-bond donors (Lipinski definition) is 0. The van der Waals surface area contributed by atoms with Crippen LogP contribution in [0.5, 0.6) is 0 Å². The lowest BCUT2D eigenvalue weighted by molar-refractivity contribution is 2.58. The highest BCUT2D eigenvalue weighted by Crippen LogP contribution is 1.41. The van der Waals surface area contributed by atoms with Crippen molar-refractivity contribution in [3.63, 3.8) is 0 Å². The van der Waals surface area contributed by atoms with E-state index >= 15 is 0 Å². The molecular weight excluding hydrogens is 104 g/mol. The first-order valence-electron chi connectivity index (χ1n) is 1.85. The van der Waals surface area contributed by atoms with Crippen LogP contribution in [0.4, 0.5) is 0 Å². The topological polar surface area (TPSA) is 0 Å². The summed E-state index contributed by atoms with van der Waals surface area (Å²) in [6.07, 6.45) is 4.83. The standard InChI is InChI=1S/C4H6Si2/c1-2-3-4-6-5/h1H,6H2,5H3. The van der Waals surface area contributed by atoms with Crippen LogP contribution in [0.2, 0.25) is 0 Å². The summed E-state index contributed by atoms with van der Waals surface area (Å²) in [5.41, 5.74) is 2.91. The average molecular weight is 110 g/mol. The van der Waals surface area contributed by atoms with Crippen molar-refractivity contribution in [2.45, 2.75) is 0 Å². The Morgan fingerprint density at radius 2 is 2.33 bits per heavy atom. The van der Waals surface area contributed by atoms with Crippen molar-refractivity contribution < 1.29 is 0 Å². The molecule has 0 bridgehead atoms. The second-order valence-corrected chi connectivity index (χ2v) is 3.98. The molecule has 6 heavy (non-hydrogen) atoms. The highest BCUT2D eigenvalue weighted by Gasteiger charge is 1.54. The van der Waals surface area contributed by atoms with Crippen LogP contribution in [0.15, 0.2) is 0 Å². The summed E-state index contributed by atoms with van der Waals surface area (Å²) in [6.45, 7) is 0. The van der Waals surface area contributed by atoms with E-state index in [2.05, 4.69) is 17.4 Å². The quantitative estimate of drug-likeness (QED) is 0.251. The second-order valence-electron chi connectivity index (χ2n) is 0.800. The Hall–Kier alpha value is -0.446. The van der Waals surface area contributed by atoms with Gasteiger partial charge in [-0.1, -0.05) is 0 Å². The summed E-state index contributed by atoms with van der Waals surface area (Å²) in [5.74, 6) is 4.84. The molecule has 0 unspecified atom stereocenters. The maximum atomic E-state index is 4.83. The molecule has 0 aromatic carbocycles. The predicted molar refractivity (Wildman–Crippen MR) is 35.1 cm³/mol. The van der Waals surface area contributed by atoms with Crippen LogP contribution < -0.4 is 0 Å². The molecule has 0 N–H and O–H groups in total. The van der Waals surface area contributed by atoms with Gasteiger partial charge in [-0.3, -0.25) is 0 Å². The normalized spacial score (nSPS) is 7.17. The summed E-state index contributed by atoms with van der Waals surface area (Å²) in [5, 5.41) is 0. The summed E-state index contributed by atoms with van der Waals surface area (Å²) >= 11 is 0. The molecule has 0 spiro atoms. The molecule has 0 fully saturated rings. The van der Waals surface area contributed by atoms with Gasteiger partial charge in [-0.2, -0.15) is 0 Å². The molecule has 0 aromatic rings. The SMILES string of the molecule is C#CC#C[SiH2][SiH3]. The Morgan fingerprint density at radius 1 is 1.67 bits per heavy atom. The van der Waals surface area contributed by atoms with Gasteiger partial charge in [0.25, 0.3) is 0 Å². The van der Waals surface area contributed by atoms with E-state index in [1.807, 2.05) is 0 Å². The van der Waals surface area contributed by atoms with Crippen LogP contribution in [0.1, 0.15) is 0 Å². The molecule has 0 rings (SSSR count). The first kappa shape index (κ1) is 5.55. The van der Waals surface area contributed by atoms with E-state index < -0.39 is 0 Å². The van der Waals surface area contributed by atoms with E-state index in [0.717, 1.165) is 0 Å². The molecule has 0 aliphatic carbocycles. The summed E-state index contributed by atoms with van der Waals surface area (Å²) in [6, 6.07) is 0. The third-order valence-corrected chi connectivity index (χ3v) is 1.93. The molecule has 2 heteroatoms. The van der Waals surface area contributed by atoms with Crippen LogP contribution >= 0.6 is 0 Å². The van der Waals surface area contributed by atoms with E-state index in [4.69, 9.17) is 6.42 Å². The largest absolute Gasteiger partial charge is 0.130 e. The lowest BCUT2D eigenvalue weighted by atomic mass is 10.7. The highest BCUT2D eigenvalue weighted by atomic mass is 29.1. The van der Waals surface area contributed by atoms with E-state index in [0.29, 0.717) is 0 Å². The van der Waals surface area contributed by atoms with E-state index in [9.17, 15) is 0 Å². The molecule has 0 saturated carbocycles. The van der Waals surface area contributed by atoms with Gasteiger partial charge in [-0.25, -0.2) is 0 Å². The molecule has 30 valence electrons. The highest BCUT2D eigenvalue weighted by molar-refractivity contribution is 6.94. The summed E-state index contributed by atoms with van der Waals surface area (Å²) < 4.78 is 0. The Labute approximate surface area is 43.4 Å². The minimum atomic E-state index is 0.0383. The minimum Gasteiger partial charge on any atom is -0.130 e. The molecule has 0 aliphatic rings. The van der Waals surface area contributed by atoms with Crippen molar-refractivity contribution >= 4 is 18.8 Å². The van der Waals surface area contributed by atoms with Crippen LogP contribution in [0, 0.1) is 23.8 Å². The first-order valence-corrected chi connectivity index (χ1v) is 8.21. The van der Waals surface area contributed by atoms with Gasteiger partial charge in [-0.05, 0) is 11.8 Å². The van der Waals surface area contributed by atoms with Crippen molar-refractivity contribution in [2.24, 2.45) is 0 Å². The maximum Gasteiger partial charge on any atom is 0.0896 e. The van der Waals surface area contributed by atoms with Crippen molar-refractivity contribution in [3.05, 3.63) is 0 Å². The smallest absolute Gasteiger partial charge is 0.0896 e. The molecule has 0 aromatic heterocycles. The Bertz CT molecular complexity index is 110. The van der Waals surface area contributed by atoms with Crippen molar-refractivity contribution in [2.75, 3.05) is 0 Å². The van der Waals surface area contributed by atoms with Crippen LogP contribution in [0.25, 0.3) is 0 Å². The summed E-state index contributed by atoms with van der Waals surface area (Å²) in [4.78, 5) is 0.